The van der Waals surface area contributed by atoms with Crippen LogP contribution in [0.5, 0.6) is 0 Å². The Bertz CT molecular complexity index is 383. The number of ketones is 1. The largest absolute Gasteiger partial charge is 0.393 e. The number of aliphatic hydroxyl groups excluding tert-OH is 1. The molecular weight excluding hydrogens is 200 g/mol. The molecule has 0 aromatic rings. The van der Waals surface area contributed by atoms with E-state index in [0.717, 1.165) is 18.4 Å². The maximum atomic E-state index is 11.2. The van der Waals surface area contributed by atoms with Gasteiger partial charge in [0.1, 0.15) is 0 Å². The second-order valence-electron chi connectivity index (χ2n) is 5.32. The normalized spacial score (nSPS) is 31.1. The van der Waals surface area contributed by atoms with Crippen LogP contribution in [0, 0.1) is 10.8 Å². The maximum absolute atomic E-state index is 11.2. The highest BCUT2D eigenvalue weighted by molar-refractivity contribution is 6.00. The molecule has 0 radical (unpaired) electrons. The summed E-state index contributed by atoms with van der Waals surface area (Å²) < 4.78 is 0. The third-order valence-electron chi connectivity index (χ3n) is 4.22. The zero-order valence-corrected chi connectivity index (χ0v) is 9.86. The van der Waals surface area contributed by atoms with Crippen LogP contribution in [0.25, 0.3) is 0 Å². The molecule has 0 aliphatic heterocycles. The summed E-state index contributed by atoms with van der Waals surface area (Å²) in [7, 11) is 0. The van der Waals surface area contributed by atoms with E-state index in [0.29, 0.717) is 0 Å². The Morgan fingerprint density at radius 1 is 1.38 bits per heavy atom. The molecule has 2 aliphatic rings. The van der Waals surface area contributed by atoms with Crippen LogP contribution in [0.2, 0.25) is 0 Å². The lowest BCUT2D eigenvalue weighted by Gasteiger charge is -2.51. The van der Waals surface area contributed by atoms with Crippen molar-refractivity contribution < 1.29 is 9.90 Å². The Balaban J connectivity index is 2.51. The summed E-state index contributed by atoms with van der Waals surface area (Å²) in [4.78, 5) is 11.2. The quantitative estimate of drug-likeness (QED) is 0.634. The van der Waals surface area contributed by atoms with Crippen molar-refractivity contribution in [3.05, 3.63) is 36.5 Å². The molecule has 2 nitrogen and oxygen atoms in total. The van der Waals surface area contributed by atoms with Crippen molar-refractivity contribution in [1.29, 1.82) is 0 Å². The number of aliphatic hydroxyl groups is 1. The third kappa shape index (κ3) is 1.33. The van der Waals surface area contributed by atoms with Gasteiger partial charge in [-0.25, -0.2) is 0 Å². The van der Waals surface area contributed by atoms with Crippen molar-refractivity contribution in [1.82, 2.24) is 0 Å². The van der Waals surface area contributed by atoms with Crippen LogP contribution in [0.4, 0.5) is 0 Å². The van der Waals surface area contributed by atoms with Gasteiger partial charge in [0.05, 0.1) is 6.10 Å². The van der Waals surface area contributed by atoms with E-state index < -0.39 is 0 Å². The molecular formula is C14H18O2. The van der Waals surface area contributed by atoms with E-state index in [4.69, 9.17) is 0 Å². The molecule has 1 atom stereocenters. The first-order valence-corrected chi connectivity index (χ1v) is 5.69. The highest BCUT2D eigenvalue weighted by Gasteiger charge is 2.51. The molecule has 0 aromatic carbocycles. The predicted molar refractivity (Wildman–Crippen MR) is 63.9 cm³/mol. The minimum atomic E-state index is -0.363. The van der Waals surface area contributed by atoms with Gasteiger partial charge in [-0.2, -0.15) is 0 Å². The Hall–Kier alpha value is -1.15. The van der Waals surface area contributed by atoms with Crippen molar-refractivity contribution in [2.75, 3.05) is 0 Å². The summed E-state index contributed by atoms with van der Waals surface area (Å²) in [6.45, 7) is 8.19. The van der Waals surface area contributed by atoms with Crippen LogP contribution in [0.3, 0.4) is 0 Å². The van der Waals surface area contributed by atoms with Gasteiger partial charge in [-0.3, -0.25) is 4.79 Å². The highest BCUT2D eigenvalue weighted by atomic mass is 16.3. The molecule has 0 amide bonds. The van der Waals surface area contributed by atoms with Gasteiger partial charge in [0.2, 0.25) is 0 Å². The average molecular weight is 218 g/mol. The predicted octanol–water partition coefficient (Wildman–Crippen LogP) is 2.41. The standard InChI is InChI=1S/C14H18O2/c1-10-4-5-12(16)13(2,3)14(10)8-6-11(15)7-9-14/h6-9,12,16H,1,4-5H2,2-3H3/t12-/m0/s1. The monoisotopic (exact) mass is 218 g/mol. The highest BCUT2D eigenvalue weighted by Crippen LogP contribution is 2.55. The third-order valence-corrected chi connectivity index (χ3v) is 4.22. The molecule has 1 spiro atoms. The molecule has 1 saturated carbocycles. The fourth-order valence-electron chi connectivity index (χ4n) is 2.81. The molecule has 2 heteroatoms. The molecule has 1 N–H and O–H groups in total. The molecule has 0 unspecified atom stereocenters. The summed E-state index contributed by atoms with van der Waals surface area (Å²) in [5.41, 5.74) is 0.414. The van der Waals surface area contributed by atoms with Gasteiger partial charge in [-0.15, -0.1) is 0 Å². The van der Waals surface area contributed by atoms with Crippen LogP contribution in [0.15, 0.2) is 36.5 Å². The smallest absolute Gasteiger partial charge is 0.178 e. The van der Waals surface area contributed by atoms with Crippen LogP contribution < -0.4 is 0 Å². The van der Waals surface area contributed by atoms with Crippen molar-refractivity contribution in [2.45, 2.75) is 32.8 Å². The zero-order valence-electron chi connectivity index (χ0n) is 9.86. The van der Waals surface area contributed by atoms with Crippen LogP contribution in [-0.4, -0.2) is 17.0 Å². The van der Waals surface area contributed by atoms with Gasteiger partial charge >= 0.3 is 0 Å². The first kappa shape index (κ1) is 11.3. The molecule has 2 rings (SSSR count). The van der Waals surface area contributed by atoms with Gasteiger partial charge in [-0.1, -0.05) is 38.2 Å². The molecule has 0 saturated heterocycles. The summed E-state index contributed by atoms with van der Waals surface area (Å²) in [5.74, 6) is 0.00860. The number of carbonyl (C=O) groups excluding carboxylic acids is 1. The van der Waals surface area contributed by atoms with Gasteiger partial charge in [-0.05, 0) is 25.0 Å². The molecule has 2 aliphatic carbocycles. The summed E-state index contributed by atoms with van der Waals surface area (Å²) in [6.07, 6.45) is 8.19. The van der Waals surface area contributed by atoms with Crippen LogP contribution in [0.1, 0.15) is 26.7 Å². The lowest BCUT2D eigenvalue weighted by atomic mass is 9.53. The molecule has 1 fully saturated rings. The van der Waals surface area contributed by atoms with Crippen LogP contribution in [-0.2, 0) is 4.79 Å². The van der Waals surface area contributed by atoms with Gasteiger partial charge in [0.25, 0.3) is 0 Å². The van der Waals surface area contributed by atoms with Crippen molar-refractivity contribution >= 4 is 5.78 Å². The second kappa shape index (κ2) is 3.42. The fraction of sp³-hybridized carbons (Fsp3) is 0.500. The van der Waals surface area contributed by atoms with Gasteiger partial charge in [0, 0.05) is 10.8 Å². The lowest BCUT2D eigenvalue weighted by Crippen LogP contribution is -2.49. The van der Waals surface area contributed by atoms with Crippen molar-refractivity contribution in [2.24, 2.45) is 10.8 Å². The number of carbonyl (C=O) groups is 1. The van der Waals surface area contributed by atoms with Gasteiger partial charge < -0.3 is 5.11 Å². The topological polar surface area (TPSA) is 37.3 Å². The molecule has 0 heterocycles. The van der Waals surface area contributed by atoms with Crippen LogP contribution >= 0.6 is 0 Å². The maximum Gasteiger partial charge on any atom is 0.178 e. The average Bonchev–Trinajstić information content (AvgIpc) is 2.24. The zero-order chi connectivity index (χ0) is 12.0. The van der Waals surface area contributed by atoms with Crippen molar-refractivity contribution in [3.63, 3.8) is 0 Å². The Labute approximate surface area is 96.4 Å². The minimum absolute atomic E-state index is 0.00860. The number of allylic oxidation sites excluding steroid dienone is 5. The van der Waals surface area contributed by atoms with E-state index >= 15 is 0 Å². The number of hydrogen-bond donors (Lipinski definition) is 1. The van der Waals surface area contributed by atoms with E-state index in [1.54, 1.807) is 12.2 Å². The molecule has 0 bridgehead atoms. The van der Waals surface area contributed by atoms with E-state index in [1.165, 1.54) is 0 Å². The molecule has 16 heavy (non-hydrogen) atoms. The summed E-state index contributed by atoms with van der Waals surface area (Å²) >= 11 is 0. The van der Waals surface area contributed by atoms with E-state index in [-0.39, 0.29) is 22.7 Å². The molecule has 86 valence electrons. The Morgan fingerprint density at radius 3 is 2.50 bits per heavy atom. The first-order chi connectivity index (χ1) is 7.40. The SMILES string of the molecule is C=C1CC[C@H](O)C(C)(C)C12C=CC(=O)C=C2. The Morgan fingerprint density at radius 2 is 1.94 bits per heavy atom. The summed E-state index contributed by atoms with van der Waals surface area (Å²) in [5, 5.41) is 10.1. The fourth-order valence-corrected chi connectivity index (χ4v) is 2.81. The second-order valence-corrected chi connectivity index (χ2v) is 5.32. The minimum Gasteiger partial charge on any atom is -0.393 e. The van der Waals surface area contributed by atoms with Crippen molar-refractivity contribution in [3.8, 4) is 0 Å². The number of hydrogen-bond acceptors (Lipinski definition) is 2. The number of rotatable bonds is 0. The summed E-state index contributed by atoms with van der Waals surface area (Å²) in [6, 6.07) is 0. The van der Waals surface area contributed by atoms with E-state index in [2.05, 4.69) is 6.58 Å². The lowest BCUT2D eigenvalue weighted by molar-refractivity contribution is -0.110. The Kier molecular flexibility index (Phi) is 2.43. The van der Waals surface area contributed by atoms with E-state index in [1.807, 2.05) is 26.0 Å². The molecule has 0 aromatic heterocycles. The van der Waals surface area contributed by atoms with E-state index in [9.17, 15) is 9.90 Å². The first-order valence-electron chi connectivity index (χ1n) is 5.69. The van der Waals surface area contributed by atoms with Gasteiger partial charge in [0.15, 0.2) is 5.78 Å².